The van der Waals surface area contributed by atoms with Gasteiger partial charge in [0.05, 0.1) is 11.3 Å². The SMILES string of the molecule is CCC(C(=O)OCC(F)(F)F)C1(OC(=O)C(C)(CC(C)(C)CC)C(C)C)CCCCC1. The van der Waals surface area contributed by atoms with E-state index in [2.05, 4.69) is 25.5 Å². The molecule has 7 heteroatoms. The predicted molar refractivity (Wildman–Crippen MR) is 114 cm³/mol. The number of carbonyl (C=O) groups excluding carboxylic acids is 2. The van der Waals surface area contributed by atoms with E-state index in [1.807, 2.05) is 20.8 Å². The molecule has 0 aliphatic heterocycles. The van der Waals surface area contributed by atoms with E-state index in [1.165, 1.54) is 0 Å². The molecule has 1 aliphatic carbocycles. The summed E-state index contributed by atoms with van der Waals surface area (Å²) in [5.74, 6) is -2.21. The molecule has 31 heavy (non-hydrogen) atoms. The molecule has 0 amide bonds. The van der Waals surface area contributed by atoms with Crippen LogP contribution in [0.25, 0.3) is 0 Å². The van der Waals surface area contributed by atoms with Crippen LogP contribution in [0.4, 0.5) is 13.2 Å². The monoisotopic (exact) mass is 450 g/mol. The van der Waals surface area contributed by atoms with Crippen molar-refractivity contribution in [2.75, 3.05) is 6.61 Å². The molecule has 1 rings (SSSR count). The van der Waals surface area contributed by atoms with Crippen molar-refractivity contribution in [2.45, 2.75) is 112 Å². The van der Waals surface area contributed by atoms with Gasteiger partial charge >= 0.3 is 18.1 Å². The Morgan fingerprint density at radius 3 is 1.97 bits per heavy atom. The Morgan fingerprint density at radius 2 is 1.55 bits per heavy atom. The van der Waals surface area contributed by atoms with Crippen LogP contribution in [-0.2, 0) is 19.1 Å². The van der Waals surface area contributed by atoms with Crippen LogP contribution in [0.3, 0.4) is 0 Å². The third-order valence-electron chi connectivity index (χ3n) is 7.25. The highest BCUT2D eigenvalue weighted by Crippen LogP contribution is 2.46. The first kappa shape index (κ1) is 27.8. The van der Waals surface area contributed by atoms with Gasteiger partial charge in [-0.2, -0.15) is 13.2 Å². The summed E-state index contributed by atoms with van der Waals surface area (Å²) in [5, 5.41) is 0. The minimum Gasteiger partial charge on any atom is -0.458 e. The zero-order valence-electron chi connectivity index (χ0n) is 20.3. The maximum Gasteiger partial charge on any atom is 0.422 e. The summed E-state index contributed by atoms with van der Waals surface area (Å²) in [4.78, 5) is 26.2. The highest BCUT2D eigenvalue weighted by atomic mass is 19.4. The normalized spacial score (nSPS) is 20.1. The molecular formula is C24H41F3O4. The number of halogens is 3. The second kappa shape index (κ2) is 10.6. The maximum absolute atomic E-state index is 13.6. The van der Waals surface area contributed by atoms with E-state index < -0.39 is 35.7 Å². The fraction of sp³-hybridized carbons (Fsp3) is 0.917. The summed E-state index contributed by atoms with van der Waals surface area (Å²) < 4.78 is 48.6. The van der Waals surface area contributed by atoms with E-state index in [9.17, 15) is 22.8 Å². The average Bonchev–Trinajstić information content (AvgIpc) is 2.66. The van der Waals surface area contributed by atoms with Gasteiger partial charge in [-0.1, -0.05) is 54.4 Å². The van der Waals surface area contributed by atoms with Crippen LogP contribution in [0.2, 0.25) is 0 Å². The van der Waals surface area contributed by atoms with Gasteiger partial charge in [-0.15, -0.1) is 0 Å². The lowest BCUT2D eigenvalue weighted by molar-refractivity contribution is -0.206. The third kappa shape index (κ3) is 7.38. The van der Waals surface area contributed by atoms with E-state index in [4.69, 9.17) is 4.74 Å². The highest BCUT2D eigenvalue weighted by molar-refractivity contribution is 5.79. The van der Waals surface area contributed by atoms with Gasteiger partial charge in [0.25, 0.3) is 0 Å². The summed E-state index contributed by atoms with van der Waals surface area (Å²) in [7, 11) is 0. The Balaban J connectivity index is 3.21. The van der Waals surface area contributed by atoms with Crippen molar-refractivity contribution in [1.82, 2.24) is 0 Å². The van der Waals surface area contributed by atoms with Gasteiger partial charge in [-0.05, 0) is 56.8 Å². The molecule has 0 aromatic rings. The molecule has 1 fully saturated rings. The zero-order valence-corrected chi connectivity index (χ0v) is 20.3. The van der Waals surface area contributed by atoms with Crippen molar-refractivity contribution in [3.05, 3.63) is 0 Å². The number of esters is 2. The first-order valence-corrected chi connectivity index (χ1v) is 11.6. The molecule has 0 spiro atoms. The molecule has 0 aromatic heterocycles. The third-order valence-corrected chi connectivity index (χ3v) is 7.25. The van der Waals surface area contributed by atoms with Crippen LogP contribution in [0, 0.1) is 22.7 Å². The fourth-order valence-electron chi connectivity index (χ4n) is 4.61. The van der Waals surface area contributed by atoms with Crippen LogP contribution < -0.4 is 0 Å². The number of rotatable bonds is 10. The van der Waals surface area contributed by atoms with Crippen LogP contribution in [0.15, 0.2) is 0 Å². The summed E-state index contributed by atoms with van der Waals surface area (Å²) in [6.45, 7) is 12.3. The quantitative estimate of drug-likeness (QED) is 0.341. The number of ether oxygens (including phenoxy) is 2. The summed E-state index contributed by atoms with van der Waals surface area (Å²) in [5.41, 5.74) is -1.95. The lowest BCUT2D eigenvalue weighted by Gasteiger charge is -2.45. The van der Waals surface area contributed by atoms with Crippen molar-refractivity contribution in [3.63, 3.8) is 0 Å². The molecule has 0 N–H and O–H groups in total. The van der Waals surface area contributed by atoms with Crippen LogP contribution in [-0.4, -0.2) is 30.3 Å². The van der Waals surface area contributed by atoms with Crippen molar-refractivity contribution in [2.24, 2.45) is 22.7 Å². The fourth-order valence-corrected chi connectivity index (χ4v) is 4.61. The lowest BCUT2D eigenvalue weighted by Crippen LogP contribution is -2.51. The van der Waals surface area contributed by atoms with E-state index in [0.29, 0.717) is 19.3 Å². The second-order valence-corrected chi connectivity index (χ2v) is 10.5. The largest absolute Gasteiger partial charge is 0.458 e. The summed E-state index contributed by atoms with van der Waals surface area (Å²) >= 11 is 0. The molecule has 1 saturated carbocycles. The lowest BCUT2D eigenvalue weighted by atomic mass is 9.66. The first-order valence-electron chi connectivity index (χ1n) is 11.6. The molecule has 2 unspecified atom stereocenters. The molecule has 1 aliphatic rings. The molecule has 0 bridgehead atoms. The zero-order chi connectivity index (χ0) is 24.1. The van der Waals surface area contributed by atoms with Crippen LogP contribution >= 0.6 is 0 Å². The van der Waals surface area contributed by atoms with Gasteiger partial charge in [0, 0.05) is 0 Å². The molecular weight excluding hydrogens is 409 g/mol. The molecule has 0 heterocycles. The molecule has 0 radical (unpaired) electrons. The molecule has 182 valence electrons. The minimum atomic E-state index is -4.59. The van der Waals surface area contributed by atoms with Crippen molar-refractivity contribution >= 4 is 11.9 Å². The molecule has 4 nitrogen and oxygen atoms in total. The van der Waals surface area contributed by atoms with E-state index in [1.54, 1.807) is 6.92 Å². The number of hydrogen-bond acceptors (Lipinski definition) is 4. The Morgan fingerprint density at radius 1 is 1.00 bits per heavy atom. The van der Waals surface area contributed by atoms with Gasteiger partial charge in [-0.25, -0.2) is 0 Å². The standard InChI is InChI=1S/C24H41F3O4/c1-8-18(19(28)30-16-24(25,26)27)23(13-11-10-12-14-23)31-20(29)22(7,17(3)4)15-21(5,6)9-2/h17-18H,8-16H2,1-7H3. The van der Waals surface area contributed by atoms with Gasteiger partial charge in [0.15, 0.2) is 6.61 Å². The van der Waals surface area contributed by atoms with E-state index >= 15 is 0 Å². The predicted octanol–water partition coefficient (Wildman–Crippen LogP) is 6.85. The van der Waals surface area contributed by atoms with Gasteiger partial charge < -0.3 is 9.47 Å². The Hall–Kier alpha value is -1.27. The van der Waals surface area contributed by atoms with E-state index in [0.717, 1.165) is 25.7 Å². The molecule has 0 saturated heterocycles. The Labute approximate surface area is 185 Å². The van der Waals surface area contributed by atoms with Crippen molar-refractivity contribution in [1.29, 1.82) is 0 Å². The summed E-state index contributed by atoms with van der Waals surface area (Å²) in [6.07, 6.45) is 0.567. The molecule has 0 aromatic carbocycles. The highest BCUT2D eigenvalue weighted by Gasteiger charge is 2.51. The van der Waals surface area contributed by atoms with Crippen molar-refractivity contribution < 1.29 is 32.2 Å². The number of alkyl halides is 3. The maximum atomic E-state index is 13.6. The van der Waals surface area contributed by atoms with Crippen molar-refractivity contribution in [3.8, 4) is 0 Å². The van der Waals surface area contributed by atoms with Crippen LogP contribution in [0.1, 0.15) is 99.8 Å². The topological polar surface area (TPSA) is 52.6 Å². The van der Waals surface area contributed by atoms with Gasteiger partial charge in [0.2, 0.25) is 0 Å². The smallest absolute Gasteiger partial charge is 0.422 e. The number of carbonyl (C=O) groups is 2. The van der Waals surface area contributed by atoms with Gasteiger partial charge in [-0.3, -0.25) is 9.59 Å². The summed E-state index contributed by atoms with van der Waals surface area (Å²) in [6, 6.07) is 0. The first-order chi connectivity index (χ1) is 14.1. The average molecular weight is 451 g/mol. The second-order valence-electron chi connectivity index (χ2n) is 10.5. The van der Waals surface area contributed by atoms with E-state index in [-0.39, 0.29) is 23.7 Å². The Bertz CT molecular complexity index is 606. The van der Waals surface area contributed by atoms with Gasteiger partial charge in [0.1, 0.15) is 5.60 Å². The number of hydrogen-bond donors (Lipinski definition) is 0. The molecule has 2 atom stereocenters. The minimum absolute atomic E-state index is 0.00345. The Kier molecular flexibility index (Phi) is 9.46. The van der Waals surface area contributed by atoms with Crippen LogP contribution in [0.5, 0.6) is 0 Å².